The van der Waals surface area contributed by atoms with Crippen molar-refractivity contribution in [3.8, 4) is 11.3 Å². The maximum atomic E-state index is 10.9. The highest BCUT2D eigenvalue weighted by molar-refractivity contribution is 5.66. The number of carbonyl (C=O) groups is 1. The van der Waals surface area contributed by atoms with Gasteiger partial charge in [0.2, 0.25) is 0 Å². The maximum absolute atomic E-state index is 10.9. The molecule has 1 aromatic carbocycles. The number of hydrogen-bond donors (Lipinski definition) is 0. The molecule has 0 amide bonds. The van der Waals surface area contributed by atoms with Crippen molar-refractivity contribution in [2.24, 2.45) is 0 Å². The molecule has 20 heavy (non-hydrogen) atoms. The van der Waals surface area contributed by atoms with E-state index in [1.54, 1.807) is 13.0 Å². The van der Waals surface area contributed by atoms with E-state index in [-0.39, 0.29) is 5.97 Å². The predicted octanol–water partition coefficient (Wildman–Crippen LogP) is 4.30. The van der Waals surface area contributed by atoms with Gasteiger partial charge in [0.05, 0.1) is 0 Å². The van der Waals surface area contributed by atoms with Crippen molar-refractivity contribution in [1.82, 2.24) is 5.16 Å². The SMILES string of the molecule is CC.CC(=O)O[C@H](C)c1cc(-c2cccc(C)c2)on1. The van der Waals surface area contributed by atoms with E-state index in [0.717, 1.165) is 11.1 Å². The number of hydrogen-bond acceptors (Lipinski definition) is 4. The number of rotatable bonds is 3. The van der Waals surface area contributed by atoms with E-state index in [0.29, 0.717) is 11.5 Å². The lowest BCUT2D eigenvalue weighted by Gasteiger charge is -2.06. The molecule has 0 fully saturated rings. The van der Waals surface area contributed by atoms with Crippen LogP contribution in [0.2, 0.25) is 0 Å². The standard InChI is InChI=1S/C14H15NO3.C2H6/c1-9-5-4-6-12(7-9)14-8-13(15-18-14)10(2)17-11(3)16;1-2/h4-8,10H,1-3H3;1-2H3/t10-;/m1./s1. The van der Waals surface area contributed by atoms with Crippen LogP contribution < -0.4 is 0 Å². The second-order valence-corrected chi connectivity index (χ2v) is 4.24. The molecule has 0 unspecified atom stereocenters. The van der Waals surface area contributed by atoms with Gasteiger partial charge in [-0.25, -0.2) is 0 Å². The molecule has 108 valence electrons. The molecule has 0 N–H and O–H groups in total. The fraction of sp³-hybridized carbons (Fsp3) is 0.375. The summed E-state index contributed by atoms with van der Waals surface area (Å²) in [5.74, 6) is 0.343. The quantitative estimate of drug-likeness (QED) is 0.784. The summed E-state index contributed by atoms with van der Waals surface area (Å²) in [6.45, 7) is 9.15. The van der Waals surface area contributed by atoms with Crippen molar-refractivity contribution in [2.45, 2.75) is 40.7 Å². The number of ether oxygens (including phenoxy) is 1. The average Bonchev–Trinajstić information content (AvgIpc) is 2.90. The number of aryl methyl sites for hydroxylation is 1. The maximum Gasteiger partial charge on any atom is 0.303 e. The highest BCUT2D eigenvalue weighted by Gasteiger charge is 2.15. The van der Waals surface area contributed by atoms with Gasteiger partial charge in [0, 0.05) is 18.6 Å². The molecule has 0 spiro atoms. The van der Waals surface area contributed by atoms with Crippen LogP contribution in [-0.2, 0) is 9.53 Å². The molecular weight excluding hydrogens is 254 g/mol. The zero-order chi connectivity index (χ0) is 15.1. The van der Waals surface area contributed by atoms with Gasteiger partial charge in [0.15, 0.2) is 5.76 Å². The Bertz CT molecular complexity index is 560. The molecule has 0 saturated carbocycles. The van der Waals surface area contributed by atoms with E-state index in [4.69, 9.17) is 9.26 Å². The normalized spacial score (nSPS) is 11.2. The van der Waals surface area contributed by atoms with Gasteiger partial charge in [-0.2, -0.15) is 0 Å². The van der Waals surface area contributed by atoms with Gasteiger partial charge < -0.3 is 9.26 Å². The lowest BCUT2D eigenvalue weighted by Crippen LogP contribution is -2.04. The molecule has 4 heteroatoms. The summed E-state index contributed by atoms with van der Waals surface area (Å²) < 4.78 is 10.3. The Labute approximate surface area is 119 Å². The predicted molar refractivity (Wildman–Crippen MR) is 78.2 cm³/mol. The molecule has 0 aliphatic rings. The van der Waals surface area contributed by atoms with Gasteiger partial charge >= 0.3 is 5.97 Å². The monoisotopic (exact) mass is 275 g/mol. The second-order valence-electron chi connectivity index (χ2n) is 4.24. The molecule has 0 aliphatic heterocycles. The summed E-state index contributed by atoms with van der Waals surface area (Å²) in [5, 5.41) is 3.92. The Kier molecular flexibility index (Phi) is 5.97. The summed E-state index contributed by atoms with van der Waals surface area (Å²) >= 11 is 0. The molecule has 1 atom stereocenters. The minimum Gasteiger partial charge on any atom is -0.456 e. The van der Waals surface area contributed by atoms with E-state index >= 15 is 0 Å². The molecule has 1 aromatic heterocycles. The zero-order valence-electron chi connectivity index (χ0n) is 12.6. The van der Waals surface area contributed by atoms with Crippen LogP contribution in [0.4, 0.5) is 0 Å². The first-order valence-electron chi connectivity index (χ1n) is 6.77. The van der Waals surface area contributed by atoms with Crippen molar-refractivity contribution >= 4 is 5.97 Å². The van der Waals surface area contributed by atoms with Gasteiger partial charge in [-0.05, 0) is 19.9 Å². The minimum atomic E-state index is -0.398. The second kappa shape index (κ2) is 7.48. The van der Waals surface area contributed by atoms with Gasteiger partial charge in [0.25, 0.3) is 0 Å². The Balaban J connectivity index is 0.000000956. The first-order valence-corrected chi connectivity index (χ1v) is 6.77. The van der Waals surface area contributed by atoms with E-state index < -0.39 is 6.10 Å². The largest absolute Gasteiger partial charge is 0.456 e. The van der Waals surface area contributed by atoms with Crippen LogP contribution in [0.3, 0.4) is 0 Å². The Morgan fingerprint density at radius 1 is 1.30 bits per heavy atom. The summed E-state index contributed by atoms with van der Waals surface area (Å²) in [5.41, 5.74) is 2.73. The average molecular weight is 275 g/mol. The summed E-state index contributed by atoms with van der Waals surface area (Å²) in [4.78, 5) is 10.9. The van der Waals surface area contributed by atoms with Crippen molar-refractivity contribution in [1.29, 1.82) is 0 Å². The number of carbonyl (C=O) groups excluding carboxylic acids is 1. The van der Waals surface area contributed by atoms with Crippen molar-refractivity contribution in [3.05, 3.63) is 41.6 Å². The van der Waals surface area contributed by atoms with E-state index in [2.05, 4.69) is 5.16 Å². The van der Waals surface area contributed by atoms with Gasteiger partial charge in [-0.15, -0.1) is 0 Å². The third-order valence-corrected chi connectivity index (χ3v) is 2.59. The molecule has 0 bridgehead atoms. The third-order valence-electron chi connectivity index (χ3n) is 2.59. The van der Waals surface area contributed by atoms with Gasteiger partial charge in [0.1, 0.15) is 11.8 Å². The van der Waals surface area contributed by atoms with Crippen LogP contribution in [0.15, 0.2) is 34.9 Å². The smallest absolute Gasteiger partial charge is 0.303 e. The van der Waals surface area contributed by atoms with Crippen LogP contribution in [-0.4, -0.2) is 11.1 Å². The summed E-state index contributed by atoms with van der Waals surface area (Å²) in [6.07, 6.45) is -0.398. The molecular formula is C16H21NO3. The molecule has 2 aromatic rings. The Morgan fingerprint density at radius 2 is 2.00 bits per heavy atom. The minimum absolute atomic E-state index is 0.331. The fourth-order valence-electron chi connectivity index (χ4n) is 1.72. The third kappa shape index (κ3) is 4.23. The topological polar surface area (TPSA) is 52.3 Å². The number of benzene rings is 1. The van der Waals surface area contributed by atoms with E-state index in [1.165, 1.54) is 6.92 Å². The van der Waals surface area contributed by atoms with Gasteiger partial charge in [-0.3, -0.25) is 4.79 Å². The number of aromatic nitrogens is 1. The highest BCUT2D eigenvalue weighted by Crippen LogP contribution is 2.25. The Morgan fingerprint density at radius 3 is 2.60 bits per heavy atom. The van der Waals surface area contributed by atoms with Crippen molar-refractivity contribution in [3.63, 3.8) is 0 Å². The fourth-order valence-corrected chi connectivity index (χ4v) is 1.72. The van der Waals surface area contributed by atoms with E-state index in [1.807, 2.05) is 45.0 Å². The van der Waals surface area contributed by atoms with Crippen molar-refractivity contribution < 1.29 is 14.1 Å². The van der Waals surface area contributed by atoms with Crippen LogP contribution in [0.1, 0.15) is 45.1 Å². The van der Waals surface area contributed by atoms with Crippen LogP contribution in [0, 0.1) is 6.92 Å². The van der Waals surface area contributed by atoms with Crippen LogP contribution in [0.5, 0.6) is 0 Å². The first-order chi connectivity index (χ1) is 9.56. The molecule has 0 saturated heterocycles. The zero-order valence-corrected chi connectivity index (χ0v) is 12.6. The lowest BCUT2D eigenvalue weighted by atomic mass is 10.1. The number of nitrogens with zero attached hydrogens (tertiary/aromatic N) is 1. The first kappa shape index (κ1) is 16.0. The highest BCUT2D eigenvalue weighted by atomic mass is 16.5. The van der Waals surface area contributed by atoms with Crippen molar-refractivity contribution in [2.75, 3.05) is 0 Å². The molecule has 1 heterocycles. The van der Waals surface area contributed by atoms with Crippen LogP contribution >= 0.6 is 0 Å². The molecule has 2 rings (SSSR count). The summed E-state index contributed by atoms with van der Waals surface area (Å²) in [6, 6.07) is 9.74. The molecule has 4 nitrogen and oxygen atoms in total. The van der Waals surface area contributed by atoms with Crippen LogP contribution in [0.25, 0.3) is 11.3 Å². The Hall–Kier alpha value is -2.10. The van der Waals surface area contributed by atoms with E-state index in [9.17, 15) is 4.79 Å². The van der Waals surface area contributed by atoms with Gasteiger partial charge in [-0.1, -0.05) is 42.8 Å². The summed E-state index contributed by atoms with van der Waals surface area (Å²) in [7, 11) is 0. The molecule has 0 radical (unpaired) electrons. The lowest BCUT2D eigenvalue weighted by molar-refractivity contribution is -0.146. The number of esters is 1. The molecule has 0 aliphatic carbocycles.